The Morgan fingerprint density at radius 2 is 1.88 bits per heavy atom. The Hall–Kier alpha value is -1.35. The van der Waals surface area contributed by atoms with E-state index >= 15 is 0 Å². The number of rotatable bonds is 5. The molecule has 16 heavy (non-hydrogen) atoms. The number of carbonyl (C=O) groups excluding carboxylic acids is 1. The molecule has 0 radical (unpaired) electrons. The predicted molar refractivity (Wildman–Crippen MR) is 62.1 cm³/mol. The molecule has 0 amide bonds. The molecule has 0 spiro atoms. The summed E-state index contributed by atoms with van der Waals surface area (Å²) in [7, 11) is 1.54. The number of esters is 1. The molecule has 0 aliphatic heterocycles. The second kappa shape index (κ2) is 5.66. The average molecular weight is 222 g/mol. The van der Waals surface area contributed by atoms with Gasteiger partial charge < -0.3 is 9.47 Å². The van der Waals surface area contributed by atoms with E-state index in [1.165, 1.54) is 7.11 Å². The molecule has 0 heterocycles. The van der Waals surface area contributed by atoms with Crippen LogP contribution in [0.5, 0.6) is 0 Å². The molecule has 0 bridgehead atoms. The summed E-state index contributed by atoms with van der Waals surface area (Å²) in [5, 5.41) is 0. The van der Waals surface area contributed by atoms with E-state index in [2.05, 4.69) is 0 Å². The van der Waals surface area contributed by atoms with Crippen LogP contribution in [0, 0.1) is 0 Å². The summed E-state index contributed by atoms with van der Waals surface area (Å²) in [6, 6.07) is 9.44. The van der Waals surface area contributed by atoms with Crippen LogP contribution in [0.2, 0.25) is 0 Å². The Bertz CT molecular complexity index is 328. The van der Waals surface area contributed by atoms with Crippen LogP contribution in [0.1, 0.15) is 25.8 Å². The Balaban J connectivity index is 3.10. The lowest BCUT2D eigenvalue weighted by atomic mass is 9.91. The molecule has 0 aliphatic rings. The van der Waals surface area contributed by atoms with E-state index in [1.807, 2.05) is 37.3 Å². The average Bonchev–Trinajstić information content (AvgIpc) is 2.33. The van der Waals surface area contributed by atoms with Gasteiger partial charge in [-0.3, -0.25) is 0 Å². The summed E-state index contributed by atoms with van der Waals surface area (Å²) in [6.07, 6.45) is 0.548. The van der Waals surface area contributed by atoms with Crippen LogP contribution < -0.4 is 0 Å². The minimum atomic E-state index is -0.975. The summed E-state index contributed by atoms with van der Waals surface area (Å²) in [5.41, 5.74) is -0.143. The largest absolute Gasteiger partial charge is 0.464 e. The number of benzene rings is 1. The van der Waals surface area contributed by atoms with Crippen LogP contribution in [-0.4, -0.2) is 19.7 Å². The van der Waals surface area contributed by atoms with Gasteiger partial charge in [0.2, 0.25) is 0 Å². The van der Waals surface area contributed by atoms with E-state index in [0.29, 0.717) is 13.0 Å². The fourth-order valence-corrected chi connectivity index (χ4v) is 1.77. The highest BCUT2D eigenvalue weighted by molar-refractivity contribution is 5.81. The van der Waals surface area contributed by atoms with Gasteiger partial charge in [0.1, 0.15) is 0 Å². The fourth-order valence-electron chi connectivity index (χ4n) is 1.77. The van der Waals surface area contributed by atoms with Gasteiger partial charge in [0.05, 0.1) is 6.61 Å². The van der Waals surface area contributed by atoms with Crippen molar-refractivity contribution in [3.63, 3.8) is 0 Å². The lowest BCUT2D eigenvalue weighted by Crippen LogP contribution is -2.38. The Labute approximate surface area is 96.4 Å². The van der Waals surface area contributed by atoms with E-state index < -0.39 is 5.60 Å². The van der Waals surface area contributed by atoms with Crippen molar-refractivity contribution in [3.05, 3.63) is 35.9 Å². The maximum Gasteiger partial charge on any atom is 0.343 e. The van der Waals surface area contributed by atoms with Gasteiger partial charge in [0.25, 0.3) is 0 Å². The molecule has 1 aromatic rings. The number of ether oxygens (including phenoxy) is 2. The Morgan fingerprint density at radius 3 is 2.31 bits per heavy atom. The molecular weight excluding hydrogens is 204 g/mol. The van der Waals surface area contributed by atoms with Crippen LogP contribution in [0.25, 0.3) is 0 Å². The molecule has 0 aliphatic carbocycles. The molecule has 0 aromatic heterocycles. The smallest absolute Gasteiger partial charge is 0.343 e. The molecule has 88 valence electrons. The van der Waals surface area contributed by atoms with Gasteiger partial charge >= 0.3 is 5.97 Å². The van der Waals surface area contributed by atoms with Crippen molar-refractivity contribution in [1.29, 1.82) is 0 Å². The molecule has 0 saturated carbocycles. The van der Waals surface area contributed by atoms with Crippen molar-refractivity contribution in [1.82, 2.24) is 0 Å². The summed E-state index contributed by atoms with van der Waals surface area (Å²) >= 11 is 0. The van der Waals surface area contributed by atoms with Crippen LogP contribution in [-0.2, 0) is 19.9 Å². The van der Waals surface area contributed by atoms with Crippen LogP contribution in [0.4, 0.5) is 0 Å². The van der Waals surface area contributed by atoms with E-state index in [4.69, 9.17) is 9.47 Å². The van der Waals surface area contributed by atoms with Crippen LogP contribution >= 0.6 is 0 Å². The topological polar surface area (TPSA) is 35.5 Å². The number of hydrogen-bond acceptors (Lipinski definition) is 3. The molecule has 0 fully saturated rings. The number of methoxy groups -OCH3 is 1. The normalized spacial score (nSPS) is 14.2. The molecule has 1 aromatic carbocycles. The summed E-state index contributed by atoms with van der Waals surface area (Å²) in [4.78, 5) is 12.0. The maximum atomic E-state index is 12.0. The molecule has 1 rings (SSSR count). The molecule has 1 unspecified atom stereocenters. The van der Waals surface area contributed by atoms with Crippen LogP contribution in [0.3, 0.4) is 0 Å². The van der Waals surface area contributed by atoms with E-state index in [9.17, 15) is 4.79 Å². The Morgan fingerprint density at radius 1 is 1.25 bits per heavy atom. The SMILES string of the molecule is CCOC(=O)C(CC)(OC)c1ccccc1. The highest BCUT2D eigenvalue weighted by atomic mass is 16.6. The zero-order valence-electron chi connectivity index (χ0n) is 10.0. The maximum absolute atomic E-state index is 12.0. The minimum Gasteiger partial charge on any atom is -0.464 e. The van der Waals surface area contributed by atoms with Crippen molar-refractivity contribution in [2.75, 3.05) is 13.7 Å². The van der Waals surface area contributed by atoms with Crippen LogP contribution in [0.15, 0.2) is 30.3 Å². The molecule has 1 atom stereocenters. The Kier molecular flexibility index (Phi) is 4.50. The fraction of sp³-hybridized carbons (Fsp3) is 0.462. The van der Waals surface area contributed by atoms with Gasteiger partial charge in [0.15, 0.2) is 5.60 Å². The lowest BCUT2D eigenvalue weighted by Gasteiger charge is -2.29. The first-order valence-electron chi connectivity index (χ1n) is 5.49. The van der Waals surface area contributed by atoms with Gasteiger partial charge in [0, 0.05) is 7.11 Å². The third-order valence-corrected chi connectivity index (χ3v) is 2.69. The predicted octanol–water partition coefficient (Wildman–Crippen LogP) is 2.50. The third kappa shape index (κ3) is 2.25. The van der Waals surface area contributed by atoms with Gasteiger partial charge in [-0.15, -0.1) is 0 Å². The van der Waals surface area contributed by atoms with E-state index in [1.54, 1.807) is 6.92 Å². The zero-order chi connectivity index (χ0) is 12.0. The van der Waals surface area contributed by atoms with E-state index in [0.717, 1.165) is 5.56 Å². The highest BCUT2D eigenvalue weighted by Gasteiger charge is 2.40. The minimum absolute atomic E-state index is 0.328. The lowest BCUT2D eigenvalue weighted by molar-refractivity contribution is -0.170. The highest BCUT2D eigenvalue weighted by Crippen LogP contribution is 2.30. The van der Waals surface area contributed by atoms with Crippen molar-refractivity contribution >= 4 is 5.97 Å². The molecular formula is C13H18O3. The quantitative estimate of drug-likeness (QED) is 0.718. The molecule has 3 nitrogen and oxygen atoms in total. The molecule has 3 heteroatoms. The van der Waals surface area contributed by atoms with Gasteiger partial charge in [-0.1, -0.05) is 37.3 Å². The number of hydrogen-bond donors (Lipinski definition) is 0. The van der Waals surface area contributed by atoms with Crippen molar-refractivity contribution in [3.8, 4) is 0 Å². The monoisotopic (exact) mass is 222 g/mol. The zero-order valence-corrected chi connectivity index (χ0v) is 10.0. The third-order valence-electron chi connectivity index (χ3n) is 2.69. The summed E-state index contributed by atoms with van der Waals surface area (Å²) < 4.78 is 10.5. The second-order valence-electron chi connectivity index (χ2n) is 3.47. The first-order valence-corrected chi connectivity index (χ1v) is 5.49. The molecule has 0 saturated heterocycles. The van der Waals surface area contributed by atoms with Crippen molar-refractivity contribution < 1.29 is 14.3 Å². The van der Waals surface area contributed by atoms with Gasteiger partial charge in [-0.2, -0.15) is 0 Å². The van der Waals surface area contributed by atoms with Crippen molar-refractivity contribution in [2.24, 2.45) is 0 Å². The first-order chi connectivity index (χ1) is 7.71. The second-order valence-corrected chi connectivity index (χ2v) is 3.47. The summed E-state index contributed by atoms with van der Waals surface area (Å²) in [5.74, 6) is -0.328. The van der Waals surface area contributed by atoms with E-state index in [-0.39, 0.29) is 5.97 Å². The standard InChI is InChI=1S/C13H18O3/c1-4-13(15-3,12(14)16-5-2)11-9-7-6-8-10-11/h6-10H,4-5H2,1-3H3. The number of carbonyl (C=O) groups is 1. The van der Waals surface area contributed by atoms with Crippen molar-refractivity contribution in [2.45, 2.75) is 25.9 Å². The molecule has 0 N–H and O–H groups in total. The van der Waals surface area contributed by atoms with Gasteiger partial charge in [-0.05, 0) is 18.9 Å². The summed E-state index contributed by atoms with van der Waals surface area (Å²) in [6.45, 7) is 4.06. The first kappa shape index (κ1) is 12.7. The van der Waals surface area contributed by atoms with Gasteiger partial charge in [-0.25, -0.2) is 4.79 Å².